The van der Waals surface area contributed by atoms with Crippen molar-refractivity contribution in [1.29, 1.82) is 0 Å². The maximum Gasteiger partial charge on any atom is 0.143 e. The SMILES string of the molecule is CN=C(C=NC(C)COc1cccc2ccccc12)c1cc(Br)c(O)c(Br)c1. The molecule has 0 aliphatic carbocycles. The van der Waals surface area contributed by atoms with Crippen LogP contribution in [0.25, 0.3) is 10.8 Å². The van der Waals surface area contributed by atoms with Crippen molar-refractivity contribution in [1.82, 2.24) is 0 Å². The Morgan fingerprint density at radius 3 is 2.50 bits per heavy atom. The van der Waals surface area contributed by atoms with Gasteiger partial charge in [-0.05, 0) is 62.4 Å². The van der Waals surface area contributed by atoms with Crippen molar-refractivity contribution in [2.24, 2.45) is 9.98 Å². The Balaban J connectivity index is 1.69. The average Bonchev–Trinajstić information content (AvgIpc) is 2.70. The number of ether oxygens (including phenoxy) is 1. The van der Waals surface area contributed by atoms with Gasteiger partial charge in [0, 0.05) is 24.2 Å². The molecule has 4 nitrogen and oxygen atoms in total. The Hall–Kier alpha value is -2.18. The van der Waals surface area contributed by atoms with Crippen LogP contribution in [0, 0.1) is 0 Å². The van der Waals surface area contributed by atoms with E-state index < -0.39 is 0 Å². The zero-order chi connectivity index (χ0) is 20.1. The summed E-state index contributed by atoms with van der Waals surface area (Å²) in [6, 6.07) is 17.8. The summed E-state index contributed by atoms with van der Waals surface area (Å²) in [6.45, 7) is 2.46. The van der Waals surface area contributed by atoms with E-state index in [-0.39, 0.29) is 11.8 Å². The summed E-state index contributed by atoms with van der Waals surface area (Å²) in [5, 5.41) is 12.1. The van der Waals surface area contributed by atoms with Gasteiger partial charge in [0.25, 0.3) is 0 Å². The molecule has 0 spiro atoms. The van der Waals surface area contributed by atoms with Crippen molar-refractivity contribution in [3.8, 4) is 11.5 Å². The van der Waals surface area contributed by atoms with Gasteiger partial charge in [-0.25, -0.2) is 0 Å². The van der Waals surface area contributed by atoms with Crippen LogP contribution in [0.5, 0.6) is 11.5 Å². The standard InChI is InChI=1S/C22H20Br2N2O2/c1-14(13-28-21-9-5-7-15-6-3-4-8-17(15)21)26-12-20(25-2)16-10-18(23)22(27)19(24)11-16/h3-12,14,27H,13H2,1-2H3. The molecule has 0 aliphatic heterocycles. The summed E-state index contributed by atoms with van der Waals surface area (Å²) in [6.07, 6.45) is 1.74. The van der Waals surface area contributed by atoms with Crippen molar-refractivity contribution in [2.75, 3.05) is 13.7 Å². The molecular formula is C22H20Br2N2O2. The van der Waals surface area contributed by atoms with Crippen LogP contribution in [0.2, 0.25) is 0 Å². The zero-order valence-electron chi connectivity index (χ0n) is 15.6. The summed E-state index contributed by atoms with van der Waals surface area (Å²) >= 11 is 6.69. The maximum atomic E-state index is 9.87. The molecule has 0 fully saturated rings. The lowest BCUT2D eigenvalue weighted by molar-refractivity contribution is 0.301. The lowest BCUT2D eigenvalue weighted by Crippen LogP contribution is -2.14. The fourth-order valence-corrected chi connectivity index (χ4v) is 3.93. The molecule has 1 unspecified atom stereocenters. The second kappa shape index (κ2) is 9.34. The molecule has 1 N–H and O–H groups in total. The van der Waals surface area contributed by atoms with Crippen molar-refractivity contribution >= 4 is 54.6 Å². The van der Waals surface area contributed by atoms with Crippen LogP contribution >= 0.6 is 31.9 Å². The monoisotopic (exact) mass is 502 g/mol. The number of fused-ring (bicyclic) bond motifs is 1. The van der Waals surface area contributed by atoms with Gasteiger partial charge in [0.05, 0.1) is 20.7 Å². The molecule has 0 heterocycles. The number of aliphatic imine (C=N–C) groups is 2. The van der Waals surface area contributed by atoms with Crippen molar-refractivity contribution in [2.45, 2.75) is 13.0 Å². The van der Waals surface area contributed by atoms with E-state index in [9.17, 15) is 5.11 Å². The highest BCUT2D eigenvalue weighted by atomic mass is 79.9. The molecule has 1 atom stereocenters. The highest BCUT2D eigenvalue weighted by Crippen LogP contribution is 2.33. The topological polar surface area (TPSA) is 54.2 Å². The molecule has 0 amide bonds. The second-order valence-corrected chi connectivity index (χ2v) is 8.02. The first-order chi connectivity index (χ1) is 13.5. The maximum absolute atomic E-state index is 9.87. The van der Waals surface area contributed by atoms with Gasteiger partial charge in [-0.2, -0.15) is 0 Å². The minimum atomic E-state index is -0.0419. The van der Waals surface area contributed by atoms with E-state index >= 15 is 0 Å². The van der Waals surface area contributed by atoms with E-state index in [1.54, 1.807) is 13.3 Å². The first-order valence-corrected chi connectivity index (χ1v) is 10.4. The summed E-state index contributed by atoms with van der Waals surface area (Å²) < 4.78 is 7.20. The smallest absolute Gasteiger partial charge is 0.143 e. The van der Waals surface area contributed by atoms with E-state index in [4.69, 9.17) is 4.74 Å². The van der Waals surface area contributed by atoms with E-state index in [0.717, 1.165) is 27.8 Å². The molecule has 144 valence electrons. The first-order valence-electron chi connectivity index (χ1n) is 8.78. The van der Waals surface area contributed by atoms with Crippen molar-refractivity contribution in [3.05, 3.63) is 69.1 Å². The largest absolute Gasteiger partial charge is 0.506 e. The molecule has 6 heteroatoms. The number of hydrogen-bond donors (Lipinski definition) is 1. The van der Waals surface area contributed by atoms with Gasteiger partial charge in [0.15, 0.2) is 0 Å². The molecule has 28 heavy (non-hydrogen) atoms. The van der Waals surface area contributed by atoms with Crippen molar-refractivity contribution < 1.29 is 9.84 Å². The van der Waals surface area contributed by atoms with Gasteiger partial charge < -0.3 is 9.84 Å². The third kappa shape index (κ3) is 4.80. The van der Waals surface area contributed by atoms with E-state index in [1.165, 1.54) is 0 Å². The predicted molar refractivity (Wildman–Crippen MR) is 123 cm³/mol. The van der Waals surface area contributed by atoms with Gasteiger partial charge in [-0.3, -0.25) is 9.98 Å². The molecule has 0 aliphatic rings. The fourth-order valence-electron chi connectivity index (χ4n) is 2.75. The third-order valence-electron chi connectivity index (χ3n) is 4.23. The van der Waals surface area contributed by atoms with Crippen LogP contribution in [0.1, 0.15) is 12.5 Å². The van der Waals surface area contributed by atoms with Crippen LogP contribution in [0.15, 0.2) is 73.5 Å². The number of rotatable bonds is 6. The van der Waals surface area contributed by atoms with Gasteiger partial charge in [-0.15, -0.1) is 0 Å². The molecular weight excluding hydrogens is 484 g/mol. The van der Waals surface area contributed by atoms with Gasteiger partial charge >= 0.3 is 0 Å². The van der Waals surface area contributed by atoms with Gasteiger partial charge in [0.2, 0.25) is 0 Å². The highest BCUT2D eigenvalue weighted by molar-refractivity contribution is 9.11. The molecule has 0 saturated heterocycles. The highest BCUT2D eigenvalue weighted by Gasteiger charge is 2.10. The van der Waals surface area contributed by atoms with Crippen LogP contribution in [0.4, 0.5) is 0 Å². The van der Waals surface area contributed by atoms with Crippen LogP contribution in [0.3, 0.4) is 0 Å². The number of halogens is 2. The molecule has 0 bridgehead atoms. The molecule has 0 saturated carbocycles. The molecule has 3 aromatic carbocycles. The lowest BCUT2D eigenvalue weighted by atomic mass is 10.1. The molecule has 3 rings (SSSR count). The Labute approximate surface area is 181 Å². The minimum Gasteiger partial charge on any atom is -0.506 e. The number of phenolic OH excluding ortho intramolecular Hbond substituents is 1. The van der Waals surface area contributed by atoms with E-state index in [1.807, 2.05) is 43.3 Å². The summed E-state index contributed by atoms with van der Waals surface area (Å²) in [7, 11) is 1.72. The van der Waals surface area contributed by atoms with E-state index in [2.05, 4.69) is 60.0 Å². The Kier molecular flexibility index (Phi) is 6.86. The van der Waals surface area contributed by atoms with Gasteiger partial charge in [-0.1, -0.05) is 36.4 Å². The third-order valence-corrected chi connectivity index (χ3v) is 5.44. The number of aromatic hydroxyl groups is 1. The number of benzene rings is 3. The summed E-state index contributed by atoms with van der Waals surface area (Å²) in [5.41, 5.74) is 1.57. The Morgan fingerprint density at radius 1 is 1.11 bits per heavy atom. The fraction of sp³-hybridized carbons (Fsp3) is 0.182. The number of nitrogens with zero attached hydrogens (tertiary/aromatic N) is 2. The van der Waals surface area contributed by atoms with Crippen LogP contribution in [-0.4, -0.2) is 36.7 Å². The molecule has 0 radical (unpaired) electrons. The normalized spacial score (nSPS) is 13.2. The quantitative estimate of drug-likeness (QED) is 0.417. The zero-order valence-corrected chi connectivity index (χ0v) is 18.7. The second-order valence-electron chi connectivity index (χ2n) is 6.31. The number of phenols is 1. The molecule has 0 aromatic heterocycles. The lowest BCUT2D eigenvalue weighted by Gasteiger charge is -2.12. The minimum absolute atomic E-state index is 0.0419. The summed E-state index contributed by atoms with van der Waals surface area (Å²) in [5.74, 6) is 1.02. The van der Waals surface area contributed by atoms with Crippen LogP contribution in [-0.2, 0) is 0 Å². The van der Waals surface area contributed by atoms with Crippen LogP contribution < -0.4 is 4.74 Å². The Morgan fingerprint density at radius 2 is 1.79 bits per heavy atom. The summed E-state index contributed by atoms with van der Waals surface area (Å²) in [4.78, 5) is 8.88. The average molecular weight is 504 g/mol. The molecule has 3 aromatic rings. The Bertz CT molecular complexity index is 1020. The van der Waals surface area contributed by atoms with Gasteiger partial charge in [0.1, 0.15) is 18.1 Å². The predicted octanol–water partition coefficient (Wildman–Crippen LogP) is 6.03. The number of hydrogen-bond acceptors (Lipinski definition) is 4. The first kappa shape index (κ1) is 20.6. The van der Waals surface area contributed by atoms with Crippen molar-refractivity contribution in [3.63, 3.8) is 0 Å². The van der Waals surface area contributed by atoms with E-state index in [0.29, 0.717) is 15.6 Å².